The monoisotopic (exact) mass is 410 g/mol. The van der Waals surface area contributed by atoms with Gasteiger partial charge in [0.1, 0.15) is 5.82 Å². The van der Waals surface area contributed by atoms with Gasteiger partial charge in [0.05, 0.1) is 12.1 Å². The maximum atomic E-state index is 12.9. The van der Waals surface area contributed by atoms with Crippen LogP contribution in [0.5, 0.6) is 0 Å². The number of aromatic nitrogens is 2. The van der Waals surface area contributed by atoms with Gasteiger partial charge in [-0.25, -0.2) is 10.5 Å². The van der Waals surface area contributed by atoms with Crippen LogP contribution in [0.3, 0.4) is 0 Å². The molecule has 1 aliphatic rings. The van der Waals surface area contributed by atoms with Crippen molar-refractivity contribution in [3.05, 3.63) is 52.3 Å². The van der Waals surface area contributed by atoms with E-state index >= 15 is 0 Å². The molecule has 1 amide bonds. The molecule has 1 saturated heterocycles. The summed E-state index contributed by atoms with van der Waals surface area (Å²) in [6.07, 6.45) is -4.35. The van der Waals surface area contributed by atoms with Crippen LogP contribution < -0.4 is 26.6 Å². The van der Waals surface area contributed by atoms with Crippen LogP contribution in [0.4, 0.5) is 24.7 Å². The van der Waals surface area contributed by atoms with E-state index in [0.29, 0.717) is 37.7 Å². The number of benzene rings is 1. The fraction of sp³-hybridized carbons (Fsp3) is 0.389. The predicted molar refractivity (Wildman–Crippen MR) is 101 cm³/mol. The molecule has 1 aromatic carbocycles. The van der Waals surface area contributed by atoms with Crippen molar-refractivity contribution in [1.82, 2.24) is 15.2 Å². The number of carbonyl (C=O) groups is 1. The SMILES string of the molecule is NNC(=O)CCn1nc(N2CCN(c3cccc(C(F)(F)F)c3)CC2)ccc1=O. The van der Waals surface area contributed by atoms with Crippen molar-refractivity contribution < 1.29 is 18.0 Å². The molecular weight excluding hydrogens is 389 g/mol. The molecule has 156 valence electrons. The van der Waals surface area contributed by atoms with Gasteiger partial charge in [-0.3, -0.25) is 15.0 Å². The Bertz CT molecular complexity index is 922. The molecule has 0 unspecified atom stereocenters. The number of hydrogen-bond donors (Lipinski definition) is 2. The van der Waals surface area contributed by atoms with Crippen LogP contribution in [-0.4, -0.2) is 41.9 Å². The summed E-state index contributed by atoms with van der Waals surface area (Å²) in [7, 11) is 0. The zero-order chi connectivity index (χ0) is 21.0. The number of piperazine rings is 1. The van der Waals surface area contributed by atoms with E-state index in [1.807, 2.05) is 15.2 Å². The first-order valence-corrected chi connectivity index (χ1v) is 9.03. The minimum Gasteiger partial charge on any atom is -0.368 e. The molecule has 1 aliphatic heterocycles. The summed E-state index contributed by atoms with van der Waals surface area (Å²) in [5.41, 5.74) is 1.51. The summed E-state index contributed by atoms with van der Waals surface area (Å²) in [4.78, 5) is 27.0. The Labute approximate surface area is 164 Å². The Balaban J connectivity index is 1.66. The van der Waals surface area contributed by atoms with E-state index in [1.165, 1.54) is 16.8 Å². The van der Waals surface area contributed by atoms with Gasteiger partial charge in [0, 0.05) is 44.4 Å². The number of halogens is 3. The van der Waals surface area contributed by atoms with Gasteiger partial charge in [-0.1, -0.05) is 6.07 Å². The minimum atomic E-state index is -4.38. The molecule has 3 rings (SSSR count). The normalized spacial score (nSPS) is 14.8. The highest BCUT2D eigenvalue weighted by Gasteiger charge is 2.31. The molecular formula is C18H21F3N6O2. The summed E-state index contributed by atoms with van der Waals surface area (Å²) in [5, 5.41) is 4.29. The average molecular weight is 410 g/mol. The Morgan fingerprint density at radius 3 is 2.45 bits per heavy atom. The van der Waals surface area contributed by atoms with Gasteiger partial charge in [-0.15, -0.1) is 0 Å². The molecule has 0 bridgehead atoms. The molecule has 0 aliphatic carbocycles. The molecule has 0 saturated carbocycles. The van der Waals surface area contributed by atoms with Gasteiger partial charge in [-0.05, 0) is 24.3 Å². The van der Waals surface area contributed by atoms with E-state index in [-0.39, 0.29) is 18.5 Å². The van der Waals surface area contributed by atoms with Crippen LogP contribution in [0.15, 0.2) is 41.2 Å². The quantitative estimate of drug-likeness (QED) is 0.433. The molecule has 0 spiro atoms. The third kappa shape index (κ3) is 5.05. The summed E-state index contributed by atoms with van der Waals surface area (Å²) < 4.78 is 40.0. The highest BCUT2D eigenvalue weighted by molar-refractivity contribution is 5.75. The summed E-state index contributed by atoms with van der Waals surface area (Å²) in [5.74, 6) is 5.20. The van der Waals surface area contributed by atoms with E-state index < -0.39 is 17.6 Å². The summed E-state index contributed by atoms with van der Waals surface area (Å²) >= 11 is 0. The zero-order valence-electron chi connectivity index (χ0n) is 15.5. The number of nitrogens with zero attached hydrogens (tertiary/aromatic N) is 4. The molecule has 0 radical (unpaired) electrons. The van der Waals surface area contributed by atoms with E-state index in [4.69, 9.17) is 5.84 Å². The van der Waals surface area contributed by atoms with E-state index in [9.17, 15) is 22.8 Å². The second kappa shape index (κ2) is 8.52. The number of nitrogens with one attached hydrogen (secondary N) is 1. The van der Waals surface area contributed by atoms with Crippen molar-refractivity contribution in [3.63, 3.8) is 0 Å². The number of anilines is 2. The van der Waals surface area contributed by atoms with Gasteiger partial charge in [0.15, 0.2) is 0 Å². The molecule has 29 heavy (non-hydrogen) atoms. The first-order chi connectivity index (χ1) is 13.8. The fourth-order valence-electron chi connectivity index (χ4n) is 3.12. The first kappa shape index (κ1) is 20.6. The number of hydrogen-bond acceptors (Lipinski definition) is 6. The smallest absolute Gasteiger partial charge is 0.368 e. The largest absolute Gasteiger partial charge is 0.416 e. The van der Waals surface area contributed by atoms with Crippen molar-refractivity contribution in [2.45, 2.75) is 19.1 Å². The number of nitrogens with two attached hydrogens (primary N) is 1. The summed E-state index contributed by atoms with van der Waals surface area (Å²) in [6.45, 7) is 2.19. The summed E-state index contributed by atoms with van der Waals surface area (Å²) in [6, 6.07) is 8.24. The van der Waals surface area contributed by atoms with Crippen LogP contribution in [0.1, 0.15) is 12.0 Å². The van der Waals surface area contributed by atoms with Crippen molar-refractivity contribution in [2.75, 3.05) is 36.0 Å². The Morgan fingerprint density at radius 2 is 1.79 bits per heavy atom. The molecule has 2 aromatic rings. The lowest BCUT2D eigenvalue weighted by atomic mass is 10.1. The second-order valence-corrected chi connectivity index (χ2v) is 6.59. The lowest BCUT2D eigenvalue weighted by Gasteiger charge is -2.37. The molecule has 8 nitrogen and oxygen atoms in total. The van der Waals surface area contributed by atoms with Crippen LogP contribution in [-0.2, 0) is 17.5 Å². The number of rotatable bonds is 5. The van der Waals surface area contributed by atoms with Crippen LogP contribution in [0.25, 0.3) is 0 Å². The van der Waals surface area contributed by atoms with Crippen LogP contribution in [0.2, 0.25) is 0 Å². The van der Waals surface area contributed by atoms with Gasteiger partial charge in [0.2, 0.25) is 5.91 Å². The molecule has 3 N–H and O–H groups in total. The molecule has 2 heterocycles. The Hall–Kier alpha value is -3.08. The highest BCUT2D eigenvalue weighted by Crippen LogP contribution is 2.32. The van der Waals surface area contributed by atoms with E-state index in [1.54, 1.807) is 12.1 Å². The zero-order valence-corrected chi connectivity index (χ0v) is 15.5. The van der Waals surface area contributed by atoms with Crippen molar-refractivity contribution in [3.8, 4) is 0 Å². The Morgan fingerprint density at radius 1 is 1.10 bits per heavy atom. The third-order valence-corrected chi connectivity index (χ3v) is 4.71. The Kier molecular flexibility index (Phi) is 6.06. The predicted octanol–water partition coefficient (Wildman–Crippen LogP) is 0.969. The molecule has 1 aromatic heterocycles. The second-order valence-electron chi connectivity index (χ2n) is 6.59. The van der Waals surface area contributed by atoms with Crippen molar-refractivity contribution in [2.24, 2.45) is 5.84 Å². The maximum Gasteiger partial charge on any atom is 0.416 e. The van der Waals surface area contributed by atoms with Crippen molar-refractivity contribution in [1.29, 1.82) is 0 Å². The van der Waals surface area contributed by atoms with Crippen molar-refractivity contribution >= 4 is 17.4 Å². The van der Waals surface area contributed by atoms with E-state index in [2.05, 4.69) is 5.10 Å². The maximum absolute atomic E-state index is 12.9. The number of aryl methyl sites for hydroxylation is 1. The highest BCUT2D eigenvalue weighted by atomic mass is 19.4. The van der Waals surface area contributed by atoms with Crippen LogP contribution >= 0.6 is 0 Å². The van der Waals surface area contributed by atoms with Gasteiger partial charge >= 0.3 is 6.18 Å². The topological polar surface area (TPSA) is 96.5 Å². The molecule has 11 heteroatoms. The molecule has 1 fully saturated rings. The average Bonchev–Trinajstić information content (AvgIpc) is 2.72. The standard InChI is InChI=1S/C18H21F3N6O2/c19-18(20,21)13-2-1-3-14(12-13)25-8-10-26(11-9-25)15-4-5-17(29)27(24-15)7-6-16(28)23-22/h1-5,12H,6-11,22H2,(H,23,28). The molecule has 0 atom stereocenters. The lowest BCUT2D eigenvalue weighted by molar-refractivity contribution is -0.137. The van der Waals surface area contributed by atoms with Crippen LogP contribution in [0, 0.1) is 0 Å². The van der Waals surface area contributed by atoms with Gasteiger partial charge < -0.3 is 9.80 Å². The minimum absolute atomic E-state index is 0.0240. The van der Waals surface area contributed by atoms with Gasteiger partial charge in [-0.2, -0.15) is 18.3 Å². The lowest BCUT2D eigenvalue weighted by Crippen LogP contribution is -2.47. The number of carbonyl (C=O) groups excluding carboxylic acids is 1. The number of hydrazine groups is 1. The first-order valence-electron chi connectivity index (χ1n) is 9.03. The van der Waals surface area contributed by atoms with E-state index in [0.717, 1.165) is 12.1 Å². The third-order valence-electron chi connectivity index (χ3n) is 4.71. The fourth-order valence-corrected chi connectivity index (χ4v) is 3.12. The number of alkyl halides is 3. The number of amides is 1. The van der Waals surface area contributed by atoms with Gasteiger partial charge in [0.25, 0.3) is 5.56 Å².